The van der Waals surface area contributed by atoms with E-state index in [0.29, 0.717) is 0 Å². The van der Waals surface area contributed by atoms with Gasteiger partial charge in [-0.2, -0.15) is 0 Å². The molecule has 0 amide bonds. The molecule has 1 aliphatic rings. The number of nitrogens with zero attached hydrogens (tertiary/aromatic N) is 1. The molecule has 1 aliphatic carbocycles. The second kappa shape index (κ2) is 5.75. The topological polar surface area (TPSA) is 29.3 Å². The van der Waals surface area contributed by atoms with Crippen molar-refractivity contribution in [2.75, 3.05) is 18.0 Å². The molecule has 0 saturated heterocycles. The number of anilines is 1. The van der Waals surface area contributed by atoms with Crippen molar-refractivity contribution in [1.29, 1.82) is 0 Å². The highest BCUT2D eigenvalue weighted by molar-refractivity contribution is 5.53. The summed E-state index contributed by atoms with van der Waals surface area (Å²) in [7, 11) is 0. The van der Waals surface area contributed by atoms with Crippen LogP contribution in [0.25, 0.3) is 0 Å². The fourth-order valence-corrected chi connectivity index (χ4v) is 3.08. The van der Waals surface area contributed by atoms with Crippen molar-refractivity contribution in [2.24, 2.45) is 5.73 Å². The van der Waals surface area contributed by atoms with Crippen LogP contribution in [0.15, 0.2) is 24.3 Å². The van der Waals surface area contributed by atoms with E-state index in [1.165, 1.54) is 43.4 Å². The zero-order chi connectivity index (χ0) is 13.0. The average Bonchev–Trinajstić information content (AvgIpc) is 2.38. The minimum atomic E-state index is 0.0243. The maximum absolute atomic E-state index is 6.58. The van der Waals surface area contributed by atoms with Crippen LogP contribution in [0.2, 0.25) is 0 Å². The Hall–Kier alpha value is -1.02. The first-order valence-corrected chi connectivity index (χ1v) is 7.24. The molecule has 0 aromatic heterocycles. The molecule has 2 N–H and O–H groups in total. The van der Waals surface area contributed by atoms with Crippen LogP contribution < -0.4 is 10.6 Å². The van der Waals surface area contributed by atoms with Gasteiger partial charge in [-0.3, -0.25) is 0 Å². The molecule has 0 atom stereocenters. The smallest absolute Gasteiger partial charge is 0.0396 e. The van der Waals surface area contributed by atoms with Crippen LogP contribution >= 0.6 is 0 Å². The first-order chi connectivity index (χ1) is 8.64. The Labute approximate surface area is 111 Å². The van der Waals surface area contributed by atoms with Crippen LogP contribution in [0.4, 0.5) is 5.69 Å². The van der Waals surface area contributed by atoms with Gasteiger partial charge in [0, 0.05) is 24.3 Å². The van der Waals surface area contributed by atoms with Gasteiger partial charge in [0.15, 0.2) is 0 Å². The molecule has 0 radical (unpaired) electrons. The van der Waals surface area contributed by atoms with Gasteiger partial charge in [-0.15, -0.1) is 0 Å². The van der Waals surface area contributed by atoms with Crippen LogP contribution in [0.1, 0.15) is 44.6 Å². The van der Waals surface area contributed by atoms with Gasteiger partial charge in [0.25, 0.3) is 0 Å². The van der Waals surface area contributed by atoms with Crippen molar-refractivity contribution in [3.63, 3.8) is 0 Å². The molecule has 0 spiro atoms. The van der Waals surface area contributed by atoms with Crippen LogP contribution in [-0.2, 0) is 0 Å². The molecule has 1 aromatic rings. The lowest BCUT2D eigenvalue weighted by Gasteiger charge is -2.39. The Bertz CT molecular complexity index is 380. The van der Waals surface area contributed by atoms with Crippen molar-refractivity contribution in [3.8, 4) is 0 Å². The third-order valence-corrected chi connectivity index (χ3v) is 4.19. The number of hydrogen-bond donors (Lipinski definition) is 1. The molecule has 2 rings (SSSR count). The molecule has 1 saturated carbocycles. The average molecular weight is 246 g/mol. The molecule has 0 unspecified atom stereocenters. The van der Waals surface area contributed by atoms with Gasteiger partial charge >= 0.3 is 0 Å². The van der Waals surface area contributed by atoms with E-state index in [1.54, 1.807) is 0 Å². The summed E-state index contributed by atoms with van der Waals surface area (Å²) in [5.41, 5.74) is 9.29. The normalized spacial score (nSPS) is 18.6. The molecule has 2 heteroatoms. The molecule has 2 nitrogen and oxygen atoms in total. The van der Waals surface area contributed by atoms with Gasteiger partial charge in [0.2, 0.25) is 0 Å². The third kappa shape index (κ3) is 3.05. The number of nitrogens with two attached hydrogens (primary N) is 1. The van der Waals surface area contributed by atoms with E-state index in [4.69, 9.17) is 5.73 Å². The number of hydrogen-bond acceptors (Lipinski definition) is 2. The number of benzene rings is 1. The molecule has 0 heterocycles. The maximum Gasteiger partial charge on any atom is 0.0396 e. The molecule has 100 valence electrons. The summed E-state index contributed by atoms with van der Waals surface area (Å²) in [6, 6.07) is 8.62. The lowest BCUT2D eigenvalue weighted by Crippen LogP contribution is -2.51. The summed E-state index contributed by atoms with van der Waals surface area (Å²) in [5.74, 6) is 0. The SMILES string of the molecule is CCN(CC1(N)CCCCC1)c1ccccc1C. The lowest BCUT2D eigenvalue weighted by atomic mass is 9.82. The van der Waals surface area contributed by atoms with Gasteiger partial charge in [-0.05, 0) is 38.3 Å². The van der Waals surface area contributed by atoms with Crippen molar-refractivity contribution in [2.45, 2.75) is 51.5 Å². The van der Waals surface area contributed by atoms with E-state index < -0.39 is 0 Å². The second-order valence-corrected chi connectivity index (χ2v) is 5.72. The largest absolute Gasteiger partial charge is 0.370 e. The van der Waals surface area contributed by atoms with Gasteiger partial charge in [-0.1, -0.05) is 37.5 Å². The van der Waals surface area contributed by atoms with Gasteiger partial charge in [0.1, 0.15) is 0 Å². The van der Waals surface area contributed by atoms with E-state index in [9.17, 15) is 0 Å². The highest BCUT2D eigenvalue weighted by Gasteiger charge is 2.29. The van der Waals surface area contributed by atoms with E-state index in [1.807, 2.05) is 0 Å². The molecule has 0 bridgehead atoms. The third-order valence-electron chi connectivity index (χ3n) is 4.19. The highest BCUT2D eigenvalue weighted by atomic mass is 15.1. The molecular weight excluding hydrogens is 220 g/mol. The quantitative estimate of drug-likeness (QED) is 0.881. The zero-order valence-electron chi connectivity index (χ0n) is 11.8. The number of likely N-dealkylation sites (N-methyl/N-ethyl adjacent to an activating group) is 1. The van der Waals surface area contributed by atoms with Gasteiger partial charge in [0.05, 0.1) is 0 Å². The number of aryl methyl sites for hydroxylation is 1. The first-order valence-electron chi connectivity index (χ1n) is 7.24. The second-order valence-electron chi connectivity index (χ2n) is 5.72. The fraction of sp³-hybridized carbons (Fsp3) is 0.625. The Kier molecular flexibility index (Phi) is 4.28. The summed E-state index contributed by atoms with van der Waals surface area (Å²) in [5, 5.41) is 0. The molecule has 18 heavy (non-hydrogen) atoms. The monoisotopic (exact) mass is 246 g/mol. The Morgan fingerprint density at radius 1 is 1.17 bits per heavy atom. The fourth-order valence-electron chi connectivity index (χ4n) is 3.08. The van der Waals surface area contributed by atoms with Crippen LogP contribution in [-0.4, -0.2) is 18.6 Å². The summed E-state index contributed by atoms with van der Waals surface area (Å²) in [6.07, 6.45) is 6.30. The highest BCUT2D eigenvalue weighted by Crippen LogP contribution is 2.29. The lowest BCUT2D eigenvalue weighted by molar-refractivity contribution is 0.298. The standard InChI is InChI=1S/C16H26N2/c1-3-18(15-10-6-5-9-14(15)2)13-16(17)11-7-4-8-12-16/h5-6,9-10H,3-4,7-8,11-13,17H2,1-2H3. The van der Waals surface area contributed by atoms with E-state index in [-0.39, 0.29) is 5.54 Å². The first kappa shape index (κ1) is 13.4. The minimum absolute atomic E-state index is 0.0243. The van der Waals surface area contributed by atoms with Gasteiger partial charge < -0.3 is 10.6 Å². The minimum Gasteiger partial charge on any atom is -0.370 e. The summed E-state index contributed by atoms with van der Waals surface area (Å²) < 4.78 is 0. The van der Waals surface area contributed by atoms with E-state index in [0.717, 1.165) is 13.1 Å². The molecule has 0 aliphatic heterocycles. The van der Waals surface area contributed by atoms with Crippen LogP contribution in [0, 0.1) is 6.92 Å². The van der Waals surface area contributed by atoms with Crippen molar-refractivity contribution in [1.82, 2.24) is 0 Å². The summed E-state index contributed by atoms with van der Waals surface area (Å²) >= 11 is 0. The molecule has 1 fully saturated rings. The van der Waals surface area contributed by atoms with Crippen molar-refractivity contribution < 1.29 is 0 Å². The van der Waals surface area contributed by atoms with Crippen molar-refractivity contribution in [3.05, 3.63) is 29.8 Å². The Balaban J connectivity index is 2.12. The predicted molar refractivity (Wildman–Crippen MR) is 79.1 cm³/mol. The van der Waals surface area contributed by atoms with Crippen molar-refractivity contribution >= 4 is 5.69 Å². The summed E-state index contributed by atoms with van der Waals surface area (Å²) in [4.78, 5) is 2.45. The Morgan fingerprint density at radius 3 is 2.44 bits per heavy atom. The zero-order valence-corrected chi connectivity index (χ0v) is 11.8. The molecule has 1 aromatic carbocycles. The van der Waals surface area contributed by atoms with Crippen LogP contribution in [0.5, 0.6) is 0 Å². The van der Waals surface area contributed by atoms with E-state index in [2.05, 4.69) is 43.0 Å². The van der Waals surface area contributed by atoms with Crippen LogP contribution in [0.3, 0.4) is 0 Å². The number of rotatable bonds is 4. The summed E-state index contributed by atoms with van der Waals surface area (Å²) in [6.45, 7) is 6.43. The molecular formula is C16H26N2. The van der Waals surface area contributed by atoms with E-state index >= 15 is 0 Å². The maximum atomic E-state index is 6.58. The van der Waals surface area contributed by atoms with Gasteiger partial charge in [-0.25, -0.2) is 0 Å². The number of para-hydroxylation sites is 1. The predicted octanol–water partition coefficient (Wildman–Crippen LogP) is 3.48. The Morgan fingerprint density at radius 2 is 1.83 bits per heavy atom.